The highest BCUT2D eigenvalue weighted by molar-refractivity contribution is 5.78. The van der Waals surface area contributed by atoms with Gasteiger partial charge in [0.1, 0.15) is 6.04 Å². The summed E-state index contributed by atoms with van der Waals surface area (Å²) in [5.74, 6) is -1.28. The number of benzene rings is 1. The van der Waals surface area contributed by atoms with E-state index in [1.54, 1.807) is 12.1 Å². The number of aromatic nitrogens is 2. The van der Waals surface area contributed by atoms with Crippen molar-refractivity contribution < 1.29 is 23.1 Å². The molecular weight excluding hydrogens is 347 g/mol. The fourth-order valence-corrected chi connectivity index (χ4v) is 3.03. The number of hydrogen-bond donors (Lipinski definition) is 1. The lowest BCUT2D eigenvalue weighted by Gasteiger charge is -2.22. The molecule has 26 heavy (non-hydrogen) atoms. The minimum atomic E-state index is -4.64. The van der Waals surface area contributed by atoms with Gasteiger partial charge in [-0.15, -0.1) is 0 Å². The Labute approximate surface area is 148 Å². The third kappa shape index (κ3) is 3.63. The first kappa shape index (κ1) is 18.2. The summed E-state index contributed by atoms with van der Waals surface area (Å²) in [4.78, 5) is 20.6. The average molecular weight is 365 g/mol. The maximum Gasteiger partial charge on any atom is 0.433 e. The summed E-state index contributed by atoms with van der Waals surface area (Å²) >= 11 is 0. The maximum absolute atomic E-state index is 13.3. The van der Waals surface area contributed by atoms with Crippen LogP contribution in [0.3, 0.4) is 0 Å². The highest BCUT2D eigenvalue weighted by atomic mass is 19.4. The summed E-state index contributed by atoms with van der Waals surface area (Å²) in [7, 11) is 0. The van der Waals surface area contributed by atoms with Gasteiger partial charge in [0.15, 0.2) is 5.69 Å². The lowest BCUT2D eigenvalue weighted by atomic mass is 10.1. The molecule has 8 heteroatoms. The van der Waals surface area contributed by atoms with Crippen molar-refractivity contribution in [2.45, 2.75) is 38.4 Å². The smallest absolute Gasteiger partial charge is 0.433 e. The van der Waals surface area contributed by atoms with E-state index >= 15 is 0 Å². The Morgan fingerprint density at radius 2 is 1.96 bits per heavy atom. The van der Waals surface area contributed by atoms with Crippen LogP contribution in [0.2, 0.25) is 0 Å². The fraction of sp³-hybridized carbons (Fsp3) is 0.389. The Balaban J connectivity index is 2.08. The second-order valence-corrected chi connectivity index (χ2v) is 6.18. The van der Waals surface area contributed by atoms with E-state index in [0.717, 1.165) is 18.1 Å². The Hall–Kier alpha value is -2.64. The van der Waals surface area contributed by atoms with Crippen LogP contribution in [0, 0.1) is 0 Å². The molecule has 1 saturated heterocycles. The molecule has 0 unspecified atom stereocenters. The van der Waals surface area contributed by atoms with Gasteiger partial charge in [-0.3, -0.25) is 0 Å². The molecule has 1 aliphatic heterocycles. The molecule has 0 saturated carbocycles. The van der Waals surface area contributed by atoms with Gasteiger partial charge in [-0.2, -0.15) is 13.2 Å². The number of anilines is 1. The highest BCUT2D eigenvalue weighted by Gasteiger charge is 2.37. The van der Waals surface area contributed by atoms with Crippen LogP contribution in [0.25, 0.3) is 11.3 Å². The van der Waals surface area contributed by atoms with Crippen molar-refractivity contribution in [1.29, 1.82) is 0 Å². The van der Waals surface area contributed by atoms with Crippen molar-refractivity contribution in [3.8, 4) is 11.3 Å². The van der Waals surface area contributed by atoms with Crippen molar-refractivity contribution in [3.63, 3.8) is 0 Å². The molecule has 1 atom stereocenters. The first-order chi connectivity index (χ1) is 12.3. The molecule has 2 aromatic rings. The average Bonchev–Trinajstić information content (AvgIpc) is 3.11. The zero-order chi connectivity index (χ0) is 18.9. The Bertz CT molecular complexity index is 806. The van der Waals surface area contributed by atoms with Crippen molar-refractivity contribution in [2.75, 3.05) is 11.4 Å². The van der Waals surface area contributed by atoms with Gasteiger partial charge < -0.3 is 10.0 Å². The number of nitrogens with zero attached hydrogens (tertiary/aromatic N) is 3. The predicted octanol–water partition coefficient (Wildman–Crippen LogP) is 3.78. The largest absolute Gasteiger partial charge is 0.480 e. The molecule has 3 rings (SSSR count). The normalized spacial score (nSPS) is 17.5. The van der Waals surface area contributed by atoms with Crippen LogP contribution in [0.5, 0.6) is 0 Å². The molecule has 0 radical (unpaired) electrons. The van der Waals surface area contributed by atoms with Crippen molar-refractivity contribution in [3.05, 3.63) is 41.6 Å². The van der Waals surface area contributed by atoms with Gasteiger partial charge in [-0.25, -0.2) is 14.8 Å². The Morgan fingerprint density at radius 3 is 2.54 bits per heavy atom. The zero-order valence-corrected chi connectivity index (χ0v) is 14.1. The molecule has 5 nitrogen and oxygen atoms in total. The molecule has 138 valence electrons. The van der Waals surface area contributed by atoms with Gasteiger partial charge in [0, 0.05) is 12.1 Å². The summed E-state index contributed by atoms with van der Waals surface area (Å²) in [5.41, 5.74) is 0.640. The standard InChI is InChI=1S/C18H18F3N3O2/c1-2-11-5-7-12(8-6-11)13-10-15(18(19,20)21)23-17(22-13)24-9-3-4-14(24)16(25)26/h5-8,10,14H,2-4,9H2,1H3,(H,25,26)/t14-/m0/s1. The first-order valence-corrected chi connectivity index (χ1v) is 8.34. The van der Waals surface area contributed by atoms with Crippen LogP contribution in [-0.4, -0.2) is 33.6 Å². The quantitative estimate of drug-likeness (QED) is 0.893. The third-order valence-electron chi connectivity index (χ3n) is 4.46. The summed E-state index contributed by atoms with van der Waals surface area (Å²) in [6.07, 6.45) is -2.90. The summed E-state index contributed by atoms with van der Waals surface area (Å²) < 4.78 is 39.9. The number of aliphatic carboxylic acids is 1. The fourth-order valence-electron chi connectivity index (χ4n) is 3.03. The number of carbonyl (C=O) groups is 1. The molecule has 1 N–H and O–H groups in total. The number of rotatable bonds is 4. The van der Waals surface area contributed by atoms with E-state index < -0.39 is 23.9 Å². The van der Waals surface area contributed by atoms with Crippen LogP contribution in [0.4, 0.5) is 19.1 Å². The molecule has 0 aliphatic carbocycles. The number of halogens is 3. The lowest BCUT2D eigenvalue weighted by molar-refractivity contribution is -0.141. The third-order valence-corrected chi connectivity index (χ3v) is 4.46. The predicted molar refractivity (Wildman–Crippen MR) is 89.9 cm³/mol. The Morgan fingerprint density at radius 1 is 1.27 bits per heavy atom. The van der Waals surface area contributed by atoms with Gasteiger partial charge in [0.05, 0.1) is 5.69 Å². The lowest BCUT2D eigenvalue weighted by Crippen LogP contribution is -2.37. The monoisotopic (exact) mass is 365 g/mol. The first-order valence-electron chi connectivity index (χ1n) is 8.34. The van der Waals surface area contributed by atoms with Gasteiger partial charge in [-0.05, 0) is 30.9 Å². The van der Waals surface area contributed by atoms with Crippen LogP contribution in [0.15, 0.2) is 30.3 Å². The topological polar surface area (TPSA) is 66.3 Å². The van der Waals surface area contributed by atoms with Crippen molar-refractivity contribution in [2.24, 2.45) is 0 Å². The zero-order valence-electron chi connectivity index (χ0n) is 14.1. The second-order valence-electron chi connectivity index (χ2n) is 6.18. The minimum absolute atomic E-state index is 0.126. The molecule has 1 aliphatic rings. The summed E-state index contributed by atoms with van der Waals surface area (Å²) in [5, 5.41) is 9.30. The minimum Gasteiger partial charge on any atom is -0.480 e. The molecule has 1 aromatic carbocycles. The van der Waals surface area contributed by atoms with E-state index in [1.807, 2.05) is 19.1 Å². The maximum atomic E-state index is 13.3. The van der Waals surface area contributed by atoms with E-state index in [0.29, 0.717) is 24.9 Å². The number of carboxylic acids is 1. The van der Waals surface area contributed by atoms with Crippen molar-refractivity contribution >= 4 is 11.9 Å². The van der Waals surface area contributed by atoms with Crippen LogP contribution < -0.4 is 4.90 Å². The number of aryl methyl sites for hydroxylation is 1. The molecule has 1 aromatic heterocycles. The molecular formula is C18H18F3N3O2. The Kier molecular flexibility index (Phi) is 4.84. The van der Waals surface area contributed by atoms with Gasteiger partial charge >= 0.3 is 12.1 Å². The van der Waals surface area contributed by atoms with E-state index in [1.165, 1.54) is 4.90 Å². The van der Waals surface area contributed by atoms with E-state index in [2.05, 4.69) is 9.97 Å². The number of carboxylic acid groups (broad SMARTS) is 1. The SMILES string of the molecule is CCc1ccc(-c2cc(C(F)(F)F)nc(N3CCC[C@H]3C(=O)O)n2)cc1. The van der Waals surface area contributed by atoms with Crippen LogP contribution in [0.1, 0.15) is 31.0 Å². The molecule has 0 amide bonds. The molecule has 0 spiro atoms. The van der Waals surface area contributed by atoms with E-state index in [9.17, 15) is 23.1 Å². The number of alkyl halides is 3. The molecule has 2 heterocycles. The second kappa shape index (κ2) is 6.93. The van der Waals surface area contributed by atoms with E-state index in [-0.39, 0.29) is 11.6 Å². The summed E-state index contributed by atoms with van der Waals surface area (Å²) in [6, 6.07) is 7.08. The highest BCUT2D eigenvalue weighted by Crippen LogP contribution is 2.33. The number of hydrogen-bond acceptors (Lipinski definition) is 4. The van der Waals surface area contributed by atoms with Gasteiger partial charge in [-0.1, -0.05) is 31.2 Å². The van der Waals surface area contributed by atoms with Crippen LogP contribution in [-0.2, 0) is 17.4 Å². The van der Waals surface area contributed by atoms with Crippen LogP contribution >= 0.6 is 0 Å². The molecule has 1 fully saturated rings. The van der Waals surface area contributed by atoms with E-state index in [4.69, 9.17) is 0 Å². The van der Waals surface area contributed by atoms with Crippen molar-refractivity contribution in [1.82, 2.24) is 9.97 Å². The van der Waals surface area contributed by atoms with Gasteiger partial charge in [0.25, 0.3) is 0 Å². The molecule has 0 bridgehead atoms. The van der Waals surface area contributed by atoms with Gasteiger partial charge in [0.2, 0.25) is 5.95 Å². The summed E-state index contributed by atoms with van der Waals surface area (Å²) in [6.45, 7) is 2.30.